The van der Waals surface area contributed by atoms with Gasteiger partial charge in [0.05, 0.1) is 12.3 Å². The largest absolute Gasteiger partial charge is 0.494 e. The minimum Gasteiger partial charge on any atom is -0.494 e. The van der Waals surface area contributed by atoms with Gasteiger partial charge in [0.25, 0.3) is 0 Å². The number of halogens is 1. The van der Waals surface area contributed by atoms with Crippen LogP contribution in [0.4, 0.5) is 0 Å². The number of aryl methyl sites for hydroxylation is 1. The fraction of sp³-hybridized carbons (Fsp3) is 0.385. The number of hydrogen-bond acceptors (Lipinski definition) is 3. The van der Waals surface area contributed by atoms with Crippen LogP contribution in [0.2, 0.25) is 5.28 Å². The highest BCUT2D eigenvalue weighted by atomic mass is 35.5. The molecule has 2 aromatic rings. The first-order valence-electron chi connectivity index (χ1n) is 6.09. The van der Waals surface area contributed by atoms with E-state index in [4.69, 9.17) is 16.3 Å². The normalized spacial score (nSPS) is 10.6. The summed E-state index contributed by atoms with van der Waals surface area (Å²) >= 11 is 6.09. The van der Waals surface area contributed by atoms with Crippen LogP contribution in [-0.2, 0) is 6.42 Å². The van der Waals surface area contributed by atoms with E-state index in [1.54, 1.807) is 0 Å². The fourth-order valence-electron chi connectivity index (χ4n) is 1.81. The van der Waals surface area contributed by atoms with Crippen LogP contribution in [0.15, 0.2) is 24.3 Å². The van der Waals surface area contributed by atoms with Gasteiger partial charge in [-0.15, -0.1) is 10.2 Å². The molecule has 0 aliphatic rings. The first-order chi connectivity index (χ1) is 8.76. The molecule has 0 spiro atoms. The number of nitrogens with zero attached hydrogens (tertiary/aromatic N) is 3. The van der Waals surface area contributed by atoms with Gasteiger partial charge in [0.15, 0.2) is 0 Å². The zero-order valence-electron chi connectivity index (χ0n) is 10.6. The Bertz CT molecular complexity index is 525. The smallest absolute Gasteiger partial charge is 0.229 e. The van der Waals surface area contributed by atoms with Crippen molar-refractivity contribution in [3.8, 4) is 11.4 Å². The molecular weight excluding hydrogens is 250 g/mol. The van der Waals surface area contributed by atoms with Gasteiger partial charge in [-0.1, -0.05) is 13.0 Å². The maximum absolute atomic E-state index is 6.09. The van der Waals surface area contributed by atoms with E-state index in [0.29, 0.717) is 11.9 Å². The molecule has 0 saturated carbocycles. The molecule has 0 bridgehead atoms. The molecule has 0 unspecified atom stereocenters. The lowest BCUT2D eigenvalue weighted by Crippen LogP contribution is -2.02. The van der Waals surface area contributed by atoms with Crippen LogP contribution in [0.25, 0.3) is 5.69 Å². The highest BCUT2D eigenvalue weighted by molar-refractivity contribution is 6.28. The average Bonchev–Trinajstić information content (AvgIpc) is 2.72. The zero-order valence-corrected chi connectivity index (χ0v) is 11.3. The van der Waals surface area contributed by atoms with Gasteiger partial charge in [-0.05, 0) is 37.1 Å². The van der Waals surface area contributed by atoms with Crippen LogP contribution in [0, 0.1) is 0 Å². The van der Waals surface area contributed by atoms with E-state index in [1.165, 1.54) is 0 Å². The van der Waals surface area contributed by atoms with Crippen LogP contribution >= 0.6 is 11.6 Å². The molecule has 1 heterocycles. The molecular formula is C13H16ClN3O. The fourth-order valence-corrected chi connectivity index (χ4v) is 2.05. The summed E-state index contributed by atoms with van der Waals surface area (Å²) < 4.78 is 7.34. The molecule has 96 valence electrons. The third kappa shape index (κ3) is 2.64. The Hall–Kier alpha value is -1.55. The Balaban J connectivity index is 2.41. The Kier molecular flexibility index (Phi) is 4.20. The van der Waals surface area contributed by atoms with E-state index >= 15 is 0 Å². The second-order valence-electron chi connectivity index (χ2n) is 3.90. The molecule has 0 fully saturated rings. The van der Waals surface area contributed by atoms with E-state index < -0.39 is 0 Å². The number of hydrogen-bond donors (Lipinski definition) is 0. The minimum absolute atomic E-state index is 0.382. The maximum Gasteiger partial charge on any atom is 0.229 e. The molecule has 0 N–H and O–H groups in total. The number of aromatic nitrogens is 3. The van der Waals surface area contributed by atoms with Gasteiger partial charge in [0.2, 0.25) is 5.28 Å². The van der Waals surface area contributed by atoms with Gasteiger partial charge in [-0.3, -0.25) is 4.57 Å². The summed E-state index contributed by atoms with van der Waals surface area (Å²) in [6.45, 7) is 4.70. The summed E-state index contributed by atoms with van der Waals surface area (Å²) in [6, 6.07) is 7.77. The van der Waals surface area contributed by atoms with E-state index in [2.05, 4.69) is 17.1 Å². The quantitative estimate of drug-likeness (QED) is 0.833. The number of rotatable bonds is 5. The predicted octanol–water partition coefficient (Wildman–Crippen LogP) is 3.27. The maximum atomic E-state index is 6.09. The molecule has 18 heavy (non-hydrogen) atoms. The third-order valence-corrected chi connectivity index (χ3v) is 2.80. The summed E-state index contributed by atoms with van der Waals surface area (Å²) in [5, 5.41) is 8.40. The summed E-state index contributed by atoms with van der Waals surface area (Å²) in [4.78, 5) is 0. The van der Waals surface area contributed by atoms with Crippen molar-refractivity contribution in [2.24, 2.45) is 0 Å². The molecule has 4 nitrogen and oxygen atoms in total. The molecule has 5 heteroatoms. The standard InChI is InChI=1S/C13H16ClN3O/c1-3-6-12-15-16-13(14)17(12)10-7-5-8-11(9-10)18-4-2/h5,7-9H,3-4,6H2,1-2H3. The second kappa shape index (κ2) is 5.87. The van der Waals surface area contributed by atoms with E-state index in [0.717, 1.165) is 30.1 Å². The molecule has 0 radical (unpaired) electrons. The average molecular weight is 266 g/mol. The van der Waals surface area contributed by atoms with E-state index in [-0.39, 0.29) is 0 Å². The molecule has 2 rings (SSSR count). The van der Waals surface area contributed by atoms with Gasteiger partial charge >= 0.3 is 0 Å². The molecule has 0 amide bonds. The van der Waals surface area contributed by atoms with Gasteiger partial charge in [-0.25, -0.2) is 0 Å². The van der Waals surface area contributed by atoms with E-state index in [1.807, 2.05) is 35.8 Å². The van der Waals surface area contributed by atoms with Gasteiger partial charge in [0.1, 0.15) is 11.6 Å². The van der Waals surface area contributed by atoms with Crippen molar-refractivity contribution in [2.75, 3.05) is 6.61 Å². The molecule has 1 aromatic carbocycles. The Morgan fingerprint density at radius 1 is 1.28 bits per heavy atom. The molecule has 0 saturated heterocycles. The Labute approximate surface area is 112 Å². The SMILES string of the molecule is CCCc1nnc(Cl)n1-c1cccc(OCC)c1. The van der Waals surface area contributed by atoms with Crippen LogP contribution in [0.1, 0.15) is 26.1 Å². The monoisotopic (exact) mass is 265 g/mol. The van der Waals surface area contributed by atoms with Crippen molar-refractivity contribution in [3.05, 3.63) is 35.4 Å². The molecule has 0 atom stereocenters. The summed E-state index contributed by atoms with van der Waals surface area (Å²) in [5.74, 6) is 1.69. The third-order valence-electron chi connectivity index (χ3n) is 2.55. The molecule has 0 aliphatic carbocycles. The van der Waals surface area contributed by atoms with Crippen molar-refractivity contribution >= 4 is 11.6 Å². The first-order valence-corrected chi connectivity index (χ1v) is 6.47. The minimum atomic E-state index is 0.382. The van der Waals surface area contributed by atoms with Gasteiger partial charge < -0.3 is 4.74 Å². The highest BCUT2D eigenvalue weighted by Gasteiger charge is 2.11. The van der Waals surface area contributed by atoms with Crippen LogP contribution in [0.5, 0.6) is 5.75 Å². The molecule has 1 aromatic heterocycles. The summed E-state index contributed by atoms with van der Waals surface area (Å²) in [6.07, 6.45) is 1.85. The topological polar surface area (TPSA) is 39.9 Å². The van der Waals surface area contributed by atoms with Crippen LogP contribution < -0.4 is 4.74 Å². The lowest BCUT2D eigenvalue weighted by molar-refractivity contribution is 0.340. The van der Waals surface area contributed by atoms with Crippen molar-refractivity contribution < 1.29 is 4.74 Å². The first kappa shape index (κ1) is 12.9. The zero-order chi connectivity index (χ0) is 13.0. The van der Waals surface area contributed by atoms with Crippen molar-refractivity contribution in [3.63, 3.8) is 0 Å². The van der Waals surface area contributed by atoms with Gasteiger partial charge in [0, 0.05) is 12.5 Å². The number of benzene rings is 1. The number of ether oxygens (including phenoxy) is 1. The van der Waals surface area contributed by atoms with Gasteiger partial charge in [-0.2, -0.15) is 0 Å². The van der Waals surface area contributed by atoms with Crippen molar-refractivity contribution in [1.29, 1.82) is 0 Å². The lowest BCUT2D eigenvalue weighted by atomic mass is 10.2. The van der Waals surface area contributed by atoms with Crippen LogP contribution in [-0.4, -0.2) is 21.4 Å². The summed E-state index contributed by atoms with van der Waals surface area (Å²) in [7, 11) is 0. The van der Waals surface area contributed by atoms with Crippen molar-refractivity contribution in [2.45, 2.75) is 26.7 Å². The lowest BCUT2D eigenvalue weighted by Gasteiger charge is -2.09. The predicted molar refractivity (Wildman–Crippen MR) is 71.5 cm³/mol. The highest BCUT2D eigenvalue weighted by Crippen LogP contribution is 2.22. The summed E-state index contributed by atoms with van der Waals surface area (Å²) in [5.41, 5.74) is 0.930. The Morgan fingerprint density at radius 3 is 2.83 bits per heavy atom. The molecule has 0 aliphatic heterocycles. The van der Waals surface area contributed by atoms with E-state index in [9.17, 15) is 0 Å². The second-order valence-corrected chi connectivity index (χ2v) is 4.24. The van der Waals surface area contributed by atoms with Crippen LogP contribution in [0.3, 0.4) is 0 Å². The Morgan fingerprint density at radius 2 is 2.11 bits per heavy atom. The van der Waals surface area contributed by atoms with Crippen molar-refractivity contribution in [1.82, 2.24) is 14.8 Å².